The van der Waals surface area contributed by atoms with E-state index in [1.807, 2.05) is 48.5 Å². The van der Waals surface area contributed by atoms with E-state index >= 15 is 0 Å². The molecule has 0 saturated heterocycles. The van der Waals surface area contributed by atoms with Crippen molar-refractivity contribution in [3.63, 3.8) is 0 Å². The van der Waals surface area contributed by atoms with Crippen molar-refractivity contribution in [2.24, 2.45) is 0 Å². The monoisotopic (exact) mass is 366 g/mol. The summed E-state index contributed by atoms with van der Waals surface area (Å²) in [5.41, 5.74) is 3.03. The number of hydrogen-bond donors (Lipinski definition) is 1. The van der Waals surface area contributed by atoms with Crippen molar-refractivity contribution in [2.75, 3.05) is 5.32 Å². The van der Waals surface area contributed by atoms with E-state index in [1.54, 1.807) is 12.4 Å². The summed E-state index contributed by atoms with van der Waals surface area (Å²) in [5.74, 6) is 0.733. The van der Waals surface area contributed by atoms with Crippen LogP contribution in [0.2, 0.25) is 5.02 Å². The van der Waals surface area contributed by atoms with Crippen LogP contribution in [-0.4, -0.2) is 15.2 Å². The summed E-state index contributed by atoms with van der Waals surface area (Å²) in [6.07, 6.45) is 4.31. The molecule has 2 aromatic carbocycles. The molecule has 0 fully saturated rings. The predicted molar refractivity (Wildman–Crippen MR) is 104 cm³/mol. The molecule has 0 saturated carbocycles. The van der Waals surface area contributed by atoms with Gasteiger partial charge in [-0.3, -0.25) is 9.69 Å². The lowest BCUT2D eigenvalue weighted by atomic mass is 10.0. The normalized spacial score (nSPS) is 10.3. The SMILES string of the molecule is Clc1ccc(Nc2nnc(Cc3ccncc3)c3ccccc23)cc1.F. The highest BCUT2D eigenvalue weighted by molar-refractivity contribution is 6.30. The zero-order chi connectivity index (χ0) is 17.1. The van der Waals surface area contributed by atoms with Gasteiger partial charge in [0.1, 0.15) is 0 Å². The molecule has 0 aliphatic heterocycles. The lowest BCUT2D eigenvalue weighted by Crippen LogP contribution is -2.02. The van der Waals surface area contributed by atoms with Gasteiger partial charge in [-0.05, 0) is 42.0 Å². The Kier molecular flexibility index (Phi) is 5.39. The molecule has 130 valence electrons. The third-order valence-electron chi connectivity index (χ3n) is 3.99. The fourth-order valence-electron chi connectivity index (χ4n) is 2.75. The van der Waals surface area contributed by atoms with Gasteiger partial charge in [-0.2, -0.15) is 5.10 Å². The van der Waals surface area contributed by atoms with Crippen LogP contribution in [0, 0.1) is 0 Å². The number of anilines is 2. The summed E-state index contributed by atoms with van der Waals surface area (Å²) in [4.78, 5) is 4.06. The highest BCUT2D eigenvalue weighted by Crippen LogP contribution is 2.27. The van der Waals surface area contributed by atoms with Crippen LogP contribution in [0.4, 0.5) is 16.2 Å². The zero-order valence-corrected chi connectivity index (χ0v) is 14.5. The number of rotatable bonds is 4. The number of halogens is 2. The molecule has 0 unspecified atom stereocenters. The van der Waals surface area contributed by atoms with Gasteiger partial charge in [0.2, 0.25) is 0 Å². The Labute approximate surface area is 155 Å². The molecule has 4 rings (SSSR count). The number of nitrogens with one attached hydrogen (secondary N) is 1. The van der Waals surface area contributed by atoms with Gasteiger partial charge >= 0.3 is 0 Å². The highest BCUT2D eigenvalue weighted by Gasteiger charge is 2.10. The molecular formula is C20H16ClFN4. The van der Waals surface area contributed by atoms with Gasteiger partial charge in [-0.25, -0.2) is 0 Å². The van der Waals surface area contributed by atoms with E-state index in [4.69, 9.17) is 11.6 Å². The summed E-state index contributed by atoms with van der Waals surface area (Å²) in [7, 11) is 0. The van der Waals surface area contributed by atoms with Crippen molar-refractivity contribution in [1.29, 1.82) is 0 Å². The third-order valence-corrected chi connectivity index (χ3v) is 4.24. The number of hydrogen-bond acceptors (Lipinski definition) is 4. The van der Waals surface area contributed by atoms with Gasteiger partial charge < -0.3 is 5.32 Å². The molecule has 2 heterocycles. The Balaban J connectivity index is 0.00000196. The topological polar surface area (TPSA) is 50.7 Å². The maximum absolute atomic E-state index is 5.95. The van der Waals surface area contributed by atoms with Crippen molar-refractivity contribution in [1.82, 2.24) is 15.2 Å². The molecule has 0 aliphatic carbocycles. The second-order valence-corrected chi connectivity index (χ2v) is 6.14. The average molecular weight is 367 g/mol. The molecule has 0 radical (unpaired) electrons. The van der Waals surface area contributed by atoms with Gasteiger partial charge in [0.05, 0.1) is 5.69 Å². The predicted octanol–water partition coefficient (Wildman–Crippen LogP) is 5.17. The maximum Gasteiger partial charge on any atom is 0.160 e. The van der Waals surface area contributed by atoms with E-state index in [0.29, 0.717) is 5.02 Å². The quantitative estimate of drug-likeness (QED) is 0.541. The van der Waals surface area contributed by atoms with Crippen LogP contribution in [0.1, 0.15) is 11.3 Å². The lowest BCUT2D eigenvalue weighted by molar-refractivity contribution is 0.960. The number of fused-ring (bicyclic) bond motifs is 1. The van der Waals surface area contributed by atoms with Crippen LogP contribution in [0.3, 0.4) is 0 Å². The molecule has 26 heavy (non-hydrogen) atoms. The third kappa shape index (κ3) is 3.78. The smallest absolute Gasteiger partial charge is 0.160 e. The first kappa shape index (κ1) is 17.8. The molecule has 2 aromatic heterocycles. The van der Waals surface area contributed by atoms with Crippen molar-refractivity contribution in [3.05, 3.63) is 89.3 Å². The van der Waals surface area contributed by atoms with Gasteiger partial charge in [0, 0.05) is 40.3 Å². The Bertz CT molecular complexity index is 1010. The molecule has 0 spiro atoms. The molecule has 0 amide bonds. The second-order valence-electron chi connectivity index (χ2n) is 5.71. The molecule has 4 aromatic rings. The fraction of sp³-hybridized carbons (Fsp3) is 0.0500. The minimum absolute atomic E-state index is 0. The lowest BCUT2D eigenvalue weighted by Gasteiger charge is -2.11. The number of aromatic nitrogens is 3. The Morgan fingerprint density at radius 1 is 0.808 bits per heavy atom. The first-order valence-corrected chi connectivity index (χ1v) is 8.33. The van der Waals surface area contributed by atoms with Gasteiger partial charge in [-0.1, -0.05) is 35.9 Å². The minimum atomic E-state index is 0. The fourth-order valence-corrected chi connectivity index (χ4v) is 2.87. The van der Waals surface area contributed by atoms with Gasteiger partial charge in [0.15, 0.2) is 5.82 Å². The number of nitrogens with zero attached hydrogens (tertiary/aromatic N) is 3. The largest absolute Gasteiger partial charge is 0.338 e. The molecular weight excluding hydrogens is 351 g/mol. The van der Waals surface area contributed by atoms with E-state index in [2.05, 4.69) is 32.6 Å². The number of benzene rings is 2. The molecule has 0 atom stereocenters. The zero-order valence-electron chi connectivity index (χ0n) is 13.8. The van der Waals surface area contributed by atoms with Crippen molar-refractivity contribution in [2.45, 2.75) is 6.42 Å². The first-order chi connectivity index (χ1) is 12.3. The van der Waals surface area contributed by atoms with Crippen LogP contribution >= 0.6 is 11.6 Å². The van der Waals surface area contributed by atoms with Crippen molar-refractivity contribution >= 4 is 33.9 Å². The second kappa shape index (κ2) is 7.89. The highest BCUT2D eigenvalue weighted by atomic mass is 35.5. The average Bonchev–Trinajstić information content (AvgIpc) is 2.66. The summed E-state index contributed by atoms with van der Waals surface area (Å²) < 4.78 is 0. The number of pyridine rings is 1. The van der Waals surface area contributed by atoms with E-state index in [9.17, 15) is 0 Å². The van der Waals surface area contributed by atoms with Crippen molar-refractivity contribution in [3.8, 4) is 0 Å². The van der Waals surface area contributed by atoms with E-state index in [-0.39, 0.29) is 4.70 Å². The van der Waals surface area contributed by atoms with Crippen LogP contribution in [-0.2, 0) is 6.42 Å². The summed E-state index contributed by atoms with van der Waals surface area (Å²) in [6, 6.07) is 19.7. The van der Waals surface area contributed by atoms with Crippen molar-refractivity contribution < 1.29 is 4.70 Å². The Morgan fingerprint density at radius 3 is 2.23 bits per heavy atom. The van der Waals surface area contributed by atoms with E-state index in [1.165, 1.54) is 0 Å². The van der Waals surface area contributed by atoms with Crippen LogP contribution in [0.25, 0.3) is 10.8 Å². The summed E-state index contributed by atoms with van der Waals surface area (Å²) >= 11 is 5.95. The van der Waals surface area contributed by atoms with Gasteiger partial charge in [-0.15, -0.1) is 5.10 Å². The Hall–Kier alpha value is -3.05. The summed E-state index contributed by atoms with van der Waals surface area (Å²) in [6.45, 7) is 0. The first-order valence-electron chi connectivity index (χ1n) is 7.95. The van der Waals surface area contributed by atoms with Crippen LogP contribution < -0.4 is 5.32 Å². The standard InChI is InChI=1S/C20H15ClN4.FH/c21-15-5-7-16(8-6-15)23-20-18-4-2-1-3-17(18)19(24-25-20)13-14-9-11-22-12-10-14;/h1-12H,13H2,(H,23,25);1H. The molecule has 1 N–H and O–H groups in total. The minimum Gasteiger partial charge on any atom is -0.338 e. The maximum atomic E-state index is 5.95. The van der Waals surface area contributed by atoms with Gasteiger partial charge in [0.25, 0.3) is 0 Å². The molecule has 6 heteroatoms. The van der Waals surface area contributed by atoms with Crippen LogP contribution in [0.5, 0.6) is 0 Å². The molecule has 0 bridgehead atoms. The van der Waals surface area contributed by atoms with E-state index < -0.39 is 0 Å². The molecule has 4 nitrogen and oxygen atoms in total. The van der Waals surface area contributed by atoms with E-state index in [0.717, 1.165) is 40.0 Å². The summed E-state index contributed by atoms with van der Waals surface area (Å²) in [5, 5.41) is 15.0. The molecule has 0 aliphatic rings. The van der Waals surface area contributed by atoms with Crippen LogP contribution in [0.15, 0.2) is 73.1 Å². The Morgan fingerprint density at radius 2 is 1.50 bits per heavy atom.